The molecule has 2 aromatic heterocycles. The van der Waals surface area contributed by atoms with E-state index in [4.69, 9.17) is 5.26 Å². The van der Waals surface area contributed by atoms with Crippen LogP contribution in [-0.2, 0) is 6.18 Å². The Hall–Kier alpha value is -2.89. The Morgan fingerprint density at radius 3 is 2.67 bits per heavy atom. The minimum atomic E-state index is -4.39. The second kappa shape index (κ2) is 6.68. The number of hydrogen-bond acceptors (Lipinski definition) is 6. The fraction of sp³-hybridized carbons (Fsp3) is 0.444. The van der Waals surface area contributed by atoms with Gasteiger partial charge in [-0.15, -0.1) is 0 Å². The van der Waals surface area contributed by atoms with E-state index < -0.39 is 11.7 Å². The van der Waals surface area contributed by atoms with Gasteiger partial charge < -0.3 is 9.80 Å². The molecule has 0 bridgehead atoms. The van der Waals surface area contributed by atoms with Crippen LogP contribution < -0.4 is 9.80 Å². The molecule has 0 N–H and O–H groups in total. The van der Waals surface area contributed by atoms with Gasteiger partial charge in [0.1, 0.15) is 17.6 Å². The lowest BCUT2D eigenvalue weighted by Gasteiger charge is -2.39. The quantitative estimate of drug-likeness (QED) is 0.805. The number of anilines is 2. The van der Waals surface area contributed by atoms with Crippen molar-refractivity contribution in [2.75, 3.05) is 29.4 Å². The second-order valence-electron chi connectivity index (χ2n) is 6.80. The molecule has 0 saturated carbocycles. The molecule has 6 nitrogen and oxygen atoms in total. The standard InChI is InChI=1S/C18H17F3N6/c19-18(20,21)13-1-5-23-16(9-13)26-7-3-12-4-8-27(15(12)11-26)17-24-6-2-14(10-22)25-17/h1-2,5-6,9,12,15H,3-4,7-8,11H2. The fourth-order valence-corrected chi connectivity index (χ4v) is 3.91. The first-order chi connectivity index (χ1) is 13.0. The maximum absolute atomic E-state index is 13.0. The van der Waals surface area contributed by atoms with Crippen molar-refractivity contribution in [3.05, 3.63) is 41.9 Å². The van der Waals surface area contributed by atoms with Crippen LogP contribution in [0.4, 0.5) is 24.9 Å². The number of nitrogens with zero attached hydrogens (tertiary/aromatic N) is 6. The molecule has 2 saturated heterocycles. The Morgan fingerprint density at radius 1 is 1.11 bits per heavy atom. The van der Waals surface area contributed by atoms with E-state index in [-0.39, 0.29) is 6.04 Å². The van der Waals surface area contributed by atoms with Gasteiger partial charge >= 0.3 is 6.18 Å². The summed E-state index contributed by atoms with van der Waals surface area (Å²) in [6.45, 7) is 2.00. The molecule has 27 heavy (non-hydrogen) atoms. The Kier molecular flexibility index (Phi) is 4.34. The van der Waals surface area contributed by atoms with E-state index in [0.717, 1.165) is 31.5 Å². The molecule has 4 rings (SSSR count). The number of rotatable bonds is 2. The third-order valence-corrected chi connectivity index (χ3v) is 5.27. The molecule has 0 aliphatic carbocycles. The summed E-state index contributed by atoms with van der Waals surface area (Å²) in [5.41, 5.74) is -0.390. The average molecular weight is 374 g/mol. The predicted octanol–water partition coefficient (Wildman–Crippen LogP) is 2.87. The van der Waals surface area contributed by atoms with E-state index in [2.05, 4.69) is 19.9 Å². The minimum absolute atomic E-state index is 0.0871. The molecule has 140 valence electrons. The molecular formula is C18H17F3N6. The minimum Gasteiger partial charge on any atom is -0.355 e. The number of aromatic nitrogens is 3. The number of nitriles is 1. The number of hydrogen-bond donors (Lipinski definition) is 0. The molecule has 2 fully saturated rings. The van der Waals surface area contributed by atoms with E-state index in [1.54, 1.807) is 12.3 Å². The summed E-state index contributed by atoms with van der Waals surface area (Å²) in [7, 11) is 0. The third-order valence-electron chi connectivity index (χ3n) is 5.27. The second-order valence-corrected chi connectivity index (χ2v) is 6.80. The Bertz CT molecular complexity index is 878. The normalized spacial score (nSPS) is 22.4. The summed E-state index contributed by atoms with van der Waals surface area (Å²) in [6, 6.07) is 5.74. The molecule has 0 spiro atoms. The SMILES string of the molecule is N#Cc1ccnc(N2CCC3CCN(c4cc(C(F)(F)F)ccn4)CC32)n1. The lowest BCUT2D eigenvalue weighted by atomic mass is 9.92. The first-order valence-corrected chi connectivity index (χ1v) is 8.73. The Balaban J connectivity index is 1.57. The summed E-state index contributed by atoms with van der Waals surface area (Å²) in [6.07, 6.45) is 0.228. The van der Waals surface area contributed by atoms with Crippen LogP contribution in [0.25, 0.3) is 0 Å². The van der Waals surface area contributed by atoms with E-state index >= 15 is 0 Å². The maximum Gasteiger partial charge on any atom is 0.416 e. The summed E-state index contributed by atoms with van der Waals surface area (Å²) in [4.78, 5) is 16.7. The number of alkyl halides is 3. The lowest BCUT2D eigenvalue weighted by molar-refractivity contribution is -0.137. The van der Waals surface area contributed by atoms with Crippen LogP contribution in [0.15, 0.2) is 30.6 Å². The highest BCUT2D eigenvalue weighted by atomic mass is 19.4. The van der Waals surface area contributed by atoms with E-state index in [0.29, 0.717) is 36.5 Å². The monoisotopic (exact) mass is 374 g/mol. The molecule has 2 aliphatic rings. The first kappa shape index (κ1) is 17.5. The van der Waals surface area contributed by atoms with Gasteiger partial charge in [-0.2, -0.15) is 18.4 Å². The lowest BCUT2D eigenvalue weighted by Crippen LogP contribution is -2.49. The van der Waals surface area contributed by atoms with Crippen molar-refractivity contribution in [3.63, 3.8) is 0 Å². The molecule has 0 amide bonds. The van der Waals surface area contributed by atoms with E-state index in [1.165, 1.54) is 6.20 Å². The zero-order chi connectivity index (χ0) is 19.0. The highest BCUT2D eigenvalue weighted by molar-refractivity contribution is 5.45. The van der Waals surface area contributed by atoms with Crippen LogP contribution in [0, 0.1) is 17.2 Å². The summed E-state index contributed by atoms with van der Waals surface area (Å²) in [5, 5.41) is 9.05. The number of fused-ring (bicyclic) bond motifs is 1. The first-order valence-electron chi connectivity index (χ1n) is 8.73. The van der Waals surface area contributed by atoms with Crippen molar-refractivity contribution in [1.29, 1.82) is 5.26 Å². The van der Waals surface area contributed by atoms with Crippen molar-refractivity contribution in [2.45, 2.75) is 25.1 Å². The molecule has 2 unspecified atom stereocenters. The van der Waals surface area contributed by atoms with Crippen molar-refractivity contribution in [2.24, 2.45) is 5.92 Å². The van der Waals surface area contributed by atoms with Crippen LogP contribution in [0.2, 0.25) is 0 Å². The third kappa shape index (κ3) is 3.39. The van der Waals surface area contributed by atoms with Crippen LogP contribution in [0.5, 0.6) is 0 Å². The molecule has 2 aliphatic heterocycles. The highest BCUT2D eigenvalue weighted by Crippen LogP contribution is 2.36. The van der Waals surface area contributed by atoms with Gasteiger partial charge in [0.05, 0.1) is 11.6 Å². The smallest absolute Gasteiger partial charge is 0.355 e. The molecule has 2 aromatic rings. The van der Waals surface area contributed by atoms with Gasteiger partial charge in [0, 0.05) is 32.0 Å². The molecule has 0 aromatic carbocycles. The van der Waals surface area contributed by atoms with Gasteiger partial charge in [0.2, 0.25) is 5.95 Å². The summed E-state index contributed by atoms with van der Waals surface area (Å²) < 4.78 is 39.0. The molecular weight excluding hydrogens is 357 g/mol. The van der Waals surface area contributed by atoms with Crippen LogP contribution >= 0.6 is 0 Å². The maximum atomic E-state index is 13.0. The van der Waals surface area contributed by atoms with Crippen molar-refractivity contribution >= 4 is 11.8 Å². The molecule has 9 heteroatoms. The number of pyridine rings is 1. The van der Waals surface area contributed by atoms with Crippen LogP contribution in [-0.4, -0.2) is 40.6 Å². The van der Waals surface area contributed by atoms with Crippen LogP contribution in [0.3, 0.4) is 0 Å². The van der Waals surface area contributed by atoms with Gasteiger partial charge in [-0.3, -0.25) is 0 Å². The van der Waals surface area contributed by atoms with Crippen LogP contribution in [0.1, 0.15) is 24.1 Å². The van der Waals surface area contributed by atoms with Crippen molar-refractivity contribution < 1.29 is 13.2 Å². The zero-order valence-electron chi connectivity index (χ0n) is 14.4. The largest absolute Gasteiger partial charge is 0.416 e. The summed E-state index contributed by atoms with van der Waals surface area (Å²) >= 11 is 0. The summed E-state index contributed by atoms with van der Waals surface area (Å²) in [5.74, 6) is 1.27. The number of halogens is 3. The van der Waals surface area contributed by atoms with Crippen molar-refractivity contribution in [3.8, 4) is 6.07 Å². The van der Waals surface area contributed by atoms with Gasteiger partial charge in [-0.05, 0) is 37.0 Å². The molecule has 4 heterocycles. The van der Waals surface area contributed by atoms with E-state index in [1.807, 2.05) is 11.0 Å². The Labute approximate surface area is 154 Å². The molecule has 2 atom stereocenters. The zero-order valence-corrected chi connectivity index (χ0v) is 14.4. The highest BCUT2D eigenvalue weighted by Gasteiger charge is 2.40. The van der Waals surface area contributed by atoms with E-state index in [9.17, 15) is 13.2 Å². The van der Waals surface area contributed by atoms with Crippen molar-refractivity contribution in [1.82, 2.24) is 15.0 Å². The van der Waals surface area contributed by atoms with Gasteiger partial charge in [-0.1, -0.05) is 0 Å². The number of piperidine rings is 1. The van der Waals surface area contributed by atoms with Gasteiger partial charge in [0.25, 0.3) is 0 Å². The predicted molar refractivity (Wildman–Crippen MR) is 92.1 cm³/mol. The Morgan fingerprint density at radius 2 is 1.89 bits per heavy atom. The van der Waals surface area contributed by atoms with Gasteiger partial charge in [0.15, 0.2) is 0 Å². The topological polar surface area (TPSA) is 68.9 Å². The average Bonchev–Trinajstić information content (AvgIpc) is 3.10. The fourth-order valence-electron chi connectivity index (χ4n) is 3.91. The van der Waals surface area contributed by atoms with Gasteiger partial charge in [-0.25, -0.2) is 15.0 Å². The molecule has 0 radical (unpaired) electrons.